The molecule has 150 valence electrons. The van der Waals surface area contributed by atoms with Gasteiger partial charge in [-0.25, -0.2) is 4.79 Å². The van der Waals surface area contributed by atoms with E-state index in [4.69, 9.17) is 9.26 Å². The van der Waals surface area contributed by atoms with Gasteiger partial charge in [-0.3, -0.25) is 19.7 Å². The van der Waals surface area contributed by atoms with Crippen LogP contribution in [0.5, 0.6) is 0 Å². The van der Waals surface area contributed by atoms with Crippen LogP contribution in [-0.2, 0) is 4.74 Å². The van der Waals surface area contributed by atoms with Crippen LogP contribution in [0.1, 0.15) is 75.5 Å². The number of carbonyl (C=O) groups is 3. The first kappa shape index (κ1) is 21.2. The third kappa shape index (κ3) is 3.93. The lowest BCUT2D eigenvalue weighted by Crippen LogP contribution is -2.16. The number of esters is 1. The Morgan fingerprint density at radius 2 is 2.00 bits per heavy atom. The van der Waals surface area contributed by atoms with E-state index >= 15 is 0 Å². The third-order valence-corrected chi connectivity index (χ3v) is 5.10. The molecule has 0 spiro atoms. The Morgan fingerprint density at radius 3 is 2.50 bits per heavy atom. The molecule has 10 nitrogen and oxygen atoms in total. The number of Topliss-reactive ketones (excluding diaryl/α,β-unsaturated/α-hetero) is 1. The predicted octanol–water partition coefficient (Wildman–Crippen LogP) is 3.71. The molecule has 0 aliphatic rings. The Labute approximate surface area is 164 Å². The molecule has 2 aromatic heterocycles. The molecule has 0 fully saturated rings. The van der Waals surface area contributed by atoms with Gasteiger partial charge in [0.2, 0.25) is 11.5 Å². The molecule has 1 amide bonds. The summed E-state index contributed by atoms with van der Waals surface area (Å²) in [4.78, 5) is 47.7. The van der Waals surface area contributed by atoms with Gasteiger partial charge in [0, 0.05) is 5.92 Å². The van der Waals surface area contributed by atoms with Crippen LogP contribution in [0.25, 0.3) is 0 Å². The number of rotatable bonds is 7. The van der Waals surface area contributed by atoms with Crippen molar-refractivity contribution in [2.45, 2.75) is 40.5 Å². The first-order valence-electron chi connectivity index (χ1n) is 8.36. The molecular weight excluding hydrogens is 390 g/mol. The van der Waals surface area contributed by atoms with Crippen molar-refractivity contribution >= 4 is 39.7 Å². The van der Waals surface area contributed by atoms with Crippen molar-refractivity contribution in [3.63, 3.8) is 0 Å². The minimum absolute atomic E-state index is 0.0284. The summed E-state index contributed by atoms with van der Waals surface area (Å²) in [5.41, 5.74) is -0.659. The van der Waals surface area contributed by atoms with E-state index in [-0.39, 0.29) is 39.5 Å². The lowest BCUT2D eigenvalue weighted by atomic mass is 10.1. The number of aromatic nitrogens is 1. The molecule has 28 heavy (non-hydrogen) atoms. The van der Waals surface area contributed by atoms with Gasteiger partial charge in [-0.2, -0.15) is 0 Å². The van der Waals surface area contributed by atoms with Crippen molar-refractivity contribution in [1.29, 1.82) is 0 Å². The van der Waals surface area contributed by atoms with Crippen molar-refractivity contribution in [1.82, 2.24) is 5.16 Å². The number of nitrogens with zero attached hydrogens (tertiary/aromatic N) is 2. The van der Waals surface area contributed by atoms with Crippen molar-refractivity contribution < 1.29 is 28.6 Å². The molecule has 1 N–H and O–H groups in total. The van der Waals surface area contributed by atoms with Gasteiger partial charge in [0.1, 0.15) is 5.00 Å². The third-order valence-electron chi connectivity index (χ3n) is 3.79. The second kappa shape index (κ2) is 8.30. The quantitative estimate of drug-likeness (QED) is 0.316. The van der Waals surface area contributed by atoms with E-state index in [9.17, 15) is 24.5 Å². The molecule has 0 radical (unpaired) electrons. The van der Waals surface area contributed by atoms with E-state index in [0.717, 1.165) is 11.3 Å². The van der Waals surface area contributed by atoms with Crippen LogP contribution in [0.4, 0.5) is 10.7 Å². The summed E-state index contributed by atoms with van der Waals surface area (Å²) in [7, 11) is 0. The average molecular weight is 409 g/mol. The number of ketones is 1. The van der Waals surface area contributed by atoms with Gasteiger partial charge in [0.15, 0.2) is 5.78 Å². The summed E-state index contributed by atoms with van der Waals surface area (Å²) in [6, 6.07) is 0. The molecule has 2 heterocycles. The molecule has 0 atom stereocenters. The lowest BCUT2D eigenvalue weighted by molar-refractivity contribution is -0.386. The summed E-state index contributed by atoms with van der Waals surface area (Å²) in [5, 5.41) is 17.4. The second-order valence-electron chi connectivity index (χ2n) is 6.15. The highest BCUT2D eigenvalue weighted by molar-refractivity contribution is 7.18. The van der Waals surface area contributed by atoms with Gasteiger partial charge in [-0.05, 0) is 26.3 Å². The van der Waals surface area contributed by atoms with Gasteiger partial charge >= 0.3 is 11.7 Å². The number of amides is 1. The maximum Gasteiger partial charge on any atom is 0.344 e. The number of nitro groups is 1. The molecule has 0 saturated carbocycles. The van der Waals surface area contributed by atoms with E-state index in [1.54, 1.807) is 27.7 Å². The van der Waals surface area contributed by atoms with Crippen LogP contribution < -0.4 is 5.32 Å². The highest BCUT2D eigenvalue weighted by atomic mass is 32.1. The Hall–Kier alpha value is -3.08. The highest BCUT2D eigenvalue weighted by Gasteiger charge is 2.34. The maximum absolute atomic E-state index is 12.6. The zero-order valence-corrected chi connectivity index (χ0v) is 16.8. The first-order valence-corrected chi connectivity index (χ1v) is 9.18. The summed E-state index contributed by atoms with van der Waals surface area (Å²) in [6.45, 7) is 7.94. The zero-order chi connectivity index (χ0) is 21.2. The zero-order valence-electron chi connectivity index (χ0n) is 15.9. The molecule has 11 heteroatoms. The fourth-order valence-electron chi connectivity index (χ4n) is 2.55. The van der Waals surface area contributed by atoms with Crippen molar-refractivity contribution in [3.05, 3.63) is 37.6 Å². The largest absolute Gasteiger partial charge is 0.462 e. The Bertz CT molecular complexity index is 958. The van der Waals surface area contributed by atoms with Gasteiger partial charge in [-0.1, -0.05) is 19.0 Å². The molecule has 2 aromatic rings. The lowest BCUT2D eigenvalue weighted by Gasteiger charge is -2.06. The molecule has 0 saturated heterocycles. The number of carbonyl (C=O) groups excluding carboxylic acids is 3. The molecule has 0 bridgehead atoms. The number of hydrogen-bond donors (Lipinski definition) is 1. The Morgan fingerprint density at radius 1 is 1.36 bits per heavy atom. The Balaban J connectivity index is 2.50. The van der Waals surface area contributed by atoms with Gasteiger partial charge in [0.05, 0.1) is 22.0 Å². The number of ether oxygens (including phenoxy) is 1. The molecule has 0 aromatic carbocycles. The summed E-state index contributed by atoms with van der Waals surface area (Å²) < 4.78 is 9.96. The van der Waals surface area contributed by atoms with Crippen LogP contribution in [-0.4, -0.2) is 34.3 Å². The summed E-state index contributed by atoms with van der Waals surface area (Å²) in [6.07, 6.45) is 0. The van der Waals surface area contributed by atoms with Crippen molar-refractivity contribution in [3.8, 4) is 0 Å². The first-order chi connectivity index (χ1) is 13.1. The molecular formula is C17H19N3O7S. The van der Waals surface area contributed by atoms with Crippen LogP contribution in [0, 0.1) is 17.0 Å². The number of nitrogens with one attached hydrogen (secondary N) is 1. The van der Waals surface area contributed by atoms with Gasteiger partial charge < -0.3 is 14.6 Å². The minimum Gasteiger partial charge on any atom is -0.462 e. The molecule has 0 unspecified atom stereocenters. The van der Waals surface area contributed by atoms with E-state index in [1.807, 2.05) is 0 Å². The van der Waals surface area contributed by atoms with Crippen molar-refractivity contribution in [2.75, 3.05) is 11.9 Å². The average Bonchev–Trinajstić information content (AvgIpc) is 3.17. The SMILES string of the molecule is CCOC(=O)c1c(NC(=O)c2noc(C(C)C)c2[N+](=O)[O-])sc(C(C)=O)c1C. The van der Waals surface area contributed by atoms with Crippen LogP contribution >= 0.6 is 11.3 Å². The number of anilines is 1. The molecule has 2 rings (SSSR count). The van der Waals surface area contributed by atoms with Gasteiger partial charge in [-0.15, -0.1) is 11.3 Å². The molecule has 0 aliphatic carbocycles. The standard InChI is InChI=1S/C17H19N3O7S/c1-6-26-17(23)10-8(4)14(9(5)21)28-16(10)18-15(22)11-12(20(24)25)13(7(2)3)27-19-11/h7H,6H2,1-5H3,(H,18,22). The Kier molecular flexibility index (Phi) is 6.29. The van der Waals surface area contributed by atoms with Crippen molar-refractivity contribution in [2.24, 2.45) is 0 Å². The predicted molar refractivity (Wildman–Crippen MR) is 100 cm³/mol. The minimum atomic E-state index is -0.927. The smallest absolute Gasteiger partial charge is 0.344 e. The van der Waals surface area contributed by atoms with Gasteiger partial charge in [0.25, 0.3) is 5.91 Å². The van der Waals surface area contributed by atoms with E-state index < -0.39 is 28.2 Å². The fourth-order valence-corrected chi connectivity index (χ4v) is 3.64. The van der Waals surface area contributed by atoms with E-state index in [2.05, 4.69) is 10.5 Å². The number of thiophene rings is 1. The maximum atomic E-state index is 12.6. The highest BCUT2D eigenvalue weighted by Crippen LogP contribution is 2.35. The summed E-state index contributed by atoms with van der Waals surface area (Å²) >= 11 is 0.888. The summed E-state index contributed by atoms with van der Waals surface area (Å²) in [5.74, 6) is -2.32. The normalized spacial score (nSPS) is 10.8. The van der Waals surface area contributed by atoms with E-state index in [0.29, 0.717) is 5.56 Å². The van der Waals surface area contributed by atoms with Crippen LogP contribution in [0.2, 0.25) is 0 Å². The van der Waals surface area contributed by atoms with Crippen LogP contribution in [0.15, 0.2) is 4.52 Å². The van der Waals surface area contributed by atoms with Crippen LogP contribution in [0.3, 0.4) is 0 Å². The molecule has 0 aliphatic heterocycles. The fraction of sp³-hybridized carbons (Fsp3) is 0.412. The number of hydrogen-bond acceptors (Lipinski definition) is 9. The topological polar surface area (TPSA) is 142 Å². The monoisotopic (exact) mass is 409 g/mol. The second-order valence-corrected chi connectivity index (χ2v) is 7.17. The van der Waals surface area contributed by atoms with E-state index in [1.165, 1.54) is 6.92 Å².